The molecule has 0 aromatic heterocycles. The van der Waals surface area contributed by atoms with Gasteiger partial charge in [-0.1, -0.05) is 103 Å². The van der Waals surface area contributed by atoms with Crippen molar-refractivity contribution in [1.82, 2.24) is 0 Å². The third kappa shape index (κ3) is 16.5. The summed E-state index contributed by atoms with van der Waals surface area (Å²) in [5.74, 6) is -0.0377. The van der Waals surface area contributed by atoms with Crippen LogP contribution in [0.25, 0.3) is 6.08 Å². The molecule has 0 saturated carbocycles. The van der Waals surface area contributed by atoms with Crippen LogP contribution in [-0.4, -0.2) is 30.6 Å². The molecule has 51 heavy (non-hydrogen) atoms. The predicted octanol–water partition coefficient (Wildman–Crippen LogP) is 11.7. The van der Waals surface area contributed by atoms with E-state index in [1.807, 2.05) is 31.2 Å². The molecule has 0 aliphatic rings. The van der Waals surface area contributed by atoms with E-state index in [4.69, 9.17) is 18.9 Å². The second kappa shape index (κ2) is 23.9. The molecular weight excluding hydrogens is 640 g/mol. The Hall–Kier alpha value is -4.39. The Morgan fingerprint density at radius 2 is 1.04 bits per heavy atom. The fourth-order valence-electron chi connectivity index (χ4n) is 5.59. The molecule has 0 heterocycles. The van der Waals surface area contributed by atoms with Gasteiger partial charge in [0.1, 0.15) is 17.2 Å². The molecular formula is C44H58O7. The van der Waals surface area contributed by atoms with Crippen LogP contribution in [0.5, 0.6) is 17.2 Å². The molecule has 3 rings (SSSR count). The number of hydrogen-bond donors (Lipinski definition) is 0. The van der Waals surface area contributed by atoms with Gasteiger partial charge in [-0.25, -0.2) is 14.4 Å². The van der Waals surface area contributed by atoms with Gasteiger partial charge >= 0.3 is 17.9 Å². The zero-order chi connectivity index (χ0) is 36.7. The molecule has 0 N–H and O–H groups in total. The molecule has 7 nitrogen and oxygen atoms in total. The lowest BCUT2D eigenvalue weighted by atomic mass is 10.1. The van der Waals surface area contributed by atoms with Crippen LogP contribution in [0.4, 0.5) is 0 Å². The zero-order valence-electron chi connectivity index (χ0n) is 31.3. The summed E-state index contributed by atoms with van der Waals surface area (Å²) in [6.45, 7) is 8.72. The maximum atomic E-state index is 12.7. The van der Waals surface area contributed by atoms with E-state index in [-0.39, 0.29) is 11.7 Å². The Labute approximate surface area is 305 Å². The van der Waals surface area contributed by atoms with Crippen molar-refractivity contribution in [2.75, 3.05) is 6.61 Å². The lowest BCUT2D eigenvalue weighted by Gasteiger charge is -2.13. The van der Waals surface area contributed by atoms with Crippen molar-refractivity contribution in [2.45, 2.75) is 130 Å². The first-order chi connectivity index (χ1) is 24.8. The van der Waals surface area contributed by atoms with Crippen molar-refractivity contribution in [3.63, 3.8) is 0 Å². The molecule has 0 aliphatic heterocycles. The number of esters is 3. The molecule has 0 aliphatic carbocycles. The SMILES string of the molecule is CCCCCCCCCCCCOc1ccc(/C=C(\C)C(=O)Oc2ccc(C(=O)Oc3ccc(C(=O)O[C@@H](C)CCCCCC)cc3)cc2)cc1. The number of hydrogen-bond acceptors (Lipinski definition) is 7. The third-order valence-electron chi connectivity index (χ3n) is 8.73. The average Bonchev–Trinajstić information content (AvgIpc) is 3.13. The molecule has 1 atom stereocenters. The van der Waals surface area contributed by atoms with Crippen molar-refractivity contribution < 1.29 is 33.3 Å². The quantitative estimate of drug-likeness (QED) is 0.0398. The molecule has 0 spiro atoms. The van der Waals surface area contributed by atoms with Gasteiger partial charge in [-0.3, -0.25) is 0 Å². The van der Waals surface area contributed by atoms with E-state index in [0.717, 1.165) is 43.4 Å². The Balaban J connectivity index is 1.37. The monoisotopic (exact) mass is 698 g/mol. The van der Waals surface area contributed by atoms with Crippen LogP contribution in [0, 0.1) is 0 Å². The molecule has 0 amide bonds. The van der Waals surface area contributed by atoms with Crippen molar-refractivity contribution in [3.8, 4) is 17.2 Å². The van der Waals surface area contributed by atoms with Gasteiger partial charge in [0.25, 0.3) is 0 Å². The third-order valence-corrected chi connectivity index (χ3v) is 8.73. The summed E-state index contributed by atoms with van der Waals surface area (Å²) in [6, 6.07) is 20.1. The normalized spacial score (nSPS) is 11.9. The summed E-state index contributed by atoms with van der Waals surface area (Å²) < 4.78 is 22.4. The maximum absolute atomic E-state index is 12.7. The number of carbonyl (C=O) groups excluding carboxylic acids is 3. The van der Waals surface area contributed by atoms with Crippen LogP contribution in [0.1, 0.15) is 150 Å². The number of rotatable bonds is 24. The van der Waals surface area contributed by atoms with E-state index in [0.29, 0.717) is 29.2 Å². The van der Waals surface area contributed by atoms with Crippen molar-refractivity contribution in [3.05, 3.63) is 95.1 Å². The number of ether oxygens (including phenoxy) is 4. The van der Waals surface area contributed by atoms with Gasteiger partial charge in [-0.15, -0.1) is 0 Å². The maximum Gasteiger partial charge on any atom is 0.343 e. The van der Waals surface area contributed by atoms with Gasteiger partial charge in [0.15, 0.2) is 0 Å². The Kier molecular flexibility index (Phi) is 19.2. The minimum absolute atomic E-state index is 0.157. The fraction of sp³-hybridized carbons (Fsp3) is 0.477. The molecule has 276 valence electrons. The first-order valence-corrected chi connectivity index (χ1v) is 19.1. The summed E-state index contributed by atoms with van der Waals surface area (Å²) in [5, 5.41) is 0. The van der Waals surface area contributed by atoms with Crippen LogP contribution in [0.15, 0.2) is 78.4 Å². The summed E-state index contributed by atoms with van der Waals surface area (Å²) in [7, 11) is 0. The fourth-order valence-corrected chi connectivity index (χ4v) is 5.59. The van der Waals surface area contributed by atoms with E-state index in [9.17, 15) is 14.4 Å². The second-order valence-corrected chi connectivity index (χ2v) is 13.3. The standard InChI is InChI=1S/C44H58O7/c1-5-7-9-11-12-13-14-15-16-18-32-48-39-26-20-36(21-27-39)33-34(3)42(45)50-40-28-24-38(25-29-40)44(47)51-41-30-22-37(23-31-41)43(46)49-35(4)19-17-10-8-6-2/h20-31,33,35H,5-19,32H2,1-4H3/b34-33+/t35-/m0/s1. The number of unbranched alkanes of at least 4 members (excludes halogenated alkanes) is 12. The van der Waals surface area contributed by atoms with Crippen molar-refractivity contribution >= 4 is 24.0 Å². The predicted molar refractivity (Wildman–Crippen MR) is 205 cm³/mol. The minimum atomic E-state index is -0.573. The molecule has 0 unspecified atom stereocenters. The summed E-state index contributed by atoms with van der Waals surface area (Å²) in [6.07, 6.45) is 19.9. The van der Waals surface area contributed by atoms with Gasteiger partial charge in [-0.2, -0.15) is 0 Å². The van der Waals surface area contributed by atoms with Gasteiger partial charge in [0.05, 0.1) is 23.8 Å². The van der Waals surface area contributed by atoms with E-state index < -0.39 is 17.9 Å². The molecule has 0 saturated heterocycles. The van der Waals surface area contributed by atoms with Crippen LogP contribution < -0.4 is 14.2 Å². The van der Waals surface area contributed by atoms with E-state index in [2.05, 4.69) is 13.8 Å². The zero-order valence-corrected chi connectivity index (χ0v) is 31.3. The largest absolute Gasteiger partial charge is 0.494 e. The van der Waals surface area contributed by atoms with Gasteiger partial charge in [0, 0.05) is 5.57 Å². The molecule has 3 aromatic rings. The van der Waals surface area contributed by atoms with Gasteiger partial charge < -0.3 is 18.9 Å². The Morgan fingerprint density at radius 3 is 1.61 bits per heavy atom. The highest BCUT2D eigenvalue weighted by Gasteiger charge is 2.15. The first-order valence-electron chi connectivity index (χ1n) is 19.1. The Bertz CT molecular complexity index is 1470. The number of carbonyl (C=O) groups is 3. The highest BCUT2D eigenvalue weighted by atomic mass is 16.5. The first kappa shape index (κ1) is 41.0. The lowest BCUT2D eigenvalue weighted by Crippen LogP contribution is -2.15. The molecule has 0 fully saturated rings. The molecule has 0 bridgehead atoms. The highest BCUT2D eigenvalue weighted by molar-refractivity contribution is 5.95. The average molecular weight is 699 g/mol. The van der Waals surface area contributed by atoms with Crippen molar-refractivity contribution in [2.24, 2.45) is 0 Å². The van der Waals surface area contributed by atoms with Crippen molar-refractivity contribution in [1.29, 1.82) is 0 Å². The summed E-state index contributed by atoms with van der Waals surface area (Å²) in [5.41, 5.74) is 1.99. The Morgan fingerprint density at radius 1 is 0.569 bits per heavy atom. The topological polar surface area (TPSA) is 88.1 Å². The van der Waals surface area contributed by atoms with Crippen LogP contribution in [0.3, 0.4) is 0 Å². The van der Waals surface area contributed by atoms with E-state index in [1.54, 1.807) is 49.4 Å². The second-order valence-electron chi connectivity index (χ2n) is 13.3. The molecule has 3 aromatic carbocycles. The number of benzene rings is 3. The highest BCUT2D eigenvalue weighted by Crippen LogP contribution is 2.20. The van der Waals surface area contributed by atoms with Crippen LogP contribution >= 0.6 is 0 Å². The van der Waals surface area contributed by atoms with Gasteiger partial charge in [-0.05, 0) is 105 Å². The summed E-state index contributed by atoms with van der Waals surface area (Å²) >= 11 is 0. The molecule has 0 radical (unpaired) electrons. The van der Waals surface area contributed by atoms with Crippen LogP contribution in [0.2, 0.25) is 0 Å². The summed E-state index contributed by atoms with van der Waals surface area (Å²) in [4.78, 5) is 37.9. The minimum Gasteiger partial charge on any atom is -0.494 e. The van der Waals surface area contributed by atoms with E-state index >= 15 is 0 Å². The van der Waals surface area contributed by atoms with Crippen LogP contribution in [-0.2, 0) is 9.53 Å². The smallest absolute Gasteiger partial charge is 0.343 e. The van der Waals surface area contributed by atoms with Gasteiger partial charge in [0.2, 0.25) is 0 Å². The molecule has 7 heteroatoms. The van der Waals surface area contributed by atoms with E-state index in [1.165, 1.54) is 76.3 Å². The lowest BCUT2D eigenvalue weighted by molar-refractivity contribution is -0.130.